The first-order valence-corrected chi connectivity index (χ1v) is 4.28. The minimum Gasteiger partial charge on any atom is -0.473 e. The van der Waals surface area contributed by atoms with Crippen molar-refractivity contribution in [3.05, 3.63) is 29.8 Å². The van der Waals surface area contributed by atoms with E-state index in [9.17, 15) is 13.2 Å². The van der Waals surface area contributed by atoms with Gasteiger partial charge in [-0.1, -0.05) is 0 Å². The molecule has 0 heterocycles. The minimum absolute atomic E-state index is 0.447. The van der Waals surface area contributed by atoms with Crippen molar-refractivity contribution in [2.75, 3.05) is 5.43 Å². The number of carboxylic acids is 2. The van der Waals surface area contributed by atoms with E-state index in [0.29, 0.717) is 5.69 Å². The van der Waals surface area contributed by atoms with Crippen LogP contribution < -0.4 is 11.3 Å². The van der Waals surface area contributed by atoms with Gasteiger partial charge in [-0.05, 0) is 24.3 Å². The summed E-state index contributed by atoms with van der Waals surface area (Å²) in [4.78, 5) is 18.2. The number of nitrogens with one attached hydrogen (secondary N) is 1. The van der Waals surface area contributed by atoms with Gasteiger partial charge in [-0.3, -0.25) is 5.84 Å². The first-order valence-electron chi connectivity index (χ1n) is 4.28. The second kappa shape index (κ2) is 6.45. The molecule has 0 aliphatic rings. The van der Waals surface area contributed by atoms with Gasteiger partial charge in [0.05, 0.1) is 5.56 Å². The molecule has 1 aromatic rings. The van der Waals surface area contributed by atoms with Crippen LogP contribution in [0.2, 0.25) is 0 Å². The lowest BCUT2D eigenvalue weighted by molar-refractivity contribution is -0.159. The molecule has 0 radical (unpaired) electrons. The van der Waals surface area contributed by atoms with Crippen LogP contribution in [0.25, 0.3) is 0 Å². The fourth-order valence-electron chi connectivity index (χ4n) is 0.755. The van der Waals surface area contributed by atoms with E-state index in [1.165, 1.54) is 12.1 Å². The number of nitrogen functional groups attached to an aromatic ring is 1. The Morgan fingerprint density at radius 1 is 1.06 bits per heavy atom. The number of carboxylic acid groups (broad SMARTS) is 2. The fraction of sp³-hybridized carbons (Fsp3) is 0.111. The van der Waals surface area contributed by atoms with Crippen molar-refractivity contribution >= 4 is 17.6 Å². The van der Waals surface area contributed by atoms with Crippen molar-refractivity contribution < 1.29 is 33.0 Å². The number of alkyl halides is 3. The summed E-state index contributed by atoms with van der Waals surface area (Å²) >= 11 is 0. The monoisotopic (exact) mass is 266 g/mol. The molecule has 0 aliphatic carbocycles. The van der Waals surface area contributed by atoms with Crippen LogP contribution in [0.4, 0.5) is 18.9 Å². The molecule has 9 heteroatoms. The lowest BCUT2D eigenvalue weighted by Crippen LogP contribution is -2.09. The Morgan fingerprint density at radius 2 is 1.44 bits per heavy atom. The van der Waals surface area contributed by atoms with Crippen molar-refractivity contribution in [2.45, 2.75) is 6.18 Å². The van der Waals surface area contributed by atoms with E-state index in [2.05, 4.69) is 5.43 Å². The molecule has 0 unspecified atom stereocenters. The van der Waals surface area contributed by atoms with Crippen molar-refractivity contribution in [1.29, 1.82) is 0 Å². The molecule has 6 nitrogen and oxygen atoms in total. The van der Waals surface area contributed by atoms with Gasteiger partial charge in [-0.25, -0.2) is 9.59 Å². The largest absolute Gasteiger partial charge is 0.473 e. The van der Waals surface area contributed by atoms with Crippen LogP contribution in [0.15, 0.2) is 24.3 Å². The summed E-state index contributed by atoms with van der Waals surface area (Å²) in [5.74, 6) is 1.33. The third-order valence-electron chi connectivity index (χ3n) is 1.56. The molecule has 1 aromatic carbocycles. The average molecular weight is 266 g/mol. The molecular weight excluding hydrogens is 257 g/mol. The molecule has 0 fully saturated rings. The zero-order valence-electron chi connectivity index (χ0n) is 8.73. The molecule has 0 bridgehead atoms. The van der Waals surface area contributed by atoms with E-state index in [-0.39, 0.29) is 0 Å². The molecule has 1 rings (SSSR count). The van der Waals surface area contributed by atoms with E-state index in [1.54, 1.807) is 0 Å². The summed E-state index contributed by atoms with van der Waals surface area (Å²) in [5, 5.41) is 14.8. The third kappa shape index (κ3) is 5.70. The van der Waals surface area contributed by atoms with Crippen LogP contribution in [0.5, 0.6) is 0 Å². The molecule has 0 atom stereocenters. The van der Waals surface area contributed by atoms with Gasteiger partial charge in [-0.15, -0.1) is 0 Å². The molecular formula is C9H9F3N2O4. The Morgan fingerprint density at radius 3 is 1.67 bits per heavy atom. The summed E-state index contributed by atoms with van der Waals surface area (Å²) in [7, 11) is 0. The van der Waals surface area contributed by atoms with Gasteiger partial charge in [0.1, 0.15) is 0 Å². The van der Waals surface area contributed by atoms with Gasteiger partial charge >= 0.3 is 18.1 Å². The number of rotatable bonds is 1. The normalized spacial score (nSPS) is 10.0. The van der Waals surface area contributed by atoms with Crippen LogP contribution in [0.3, 0.4) is 0 Å². The quantitative estimate of drug-likeness (QED) is 0.344. The predicted octanol–water partition coefficient (Wildman–Crippen LogP) is 1.15. The van der Waals surface area contributed by atoms with Gasteiger partial charge < -0.3 is 15.6 Å². The predicted molar refractivity (Wildman–Crippen MR) is 54.5 cm³/mol. The highest BCUT2D eigenvalue weighted by Crippen LogP contribution is 2.29. The zero-order chi connectivity index (χ0) is 14.3. The van der Waals surface area contributed by atoms with Crippen LogP contribution in [-0.2, 0) is 15.8 Å². The highest BCUT2D eigenvalue weighted by atomic mass is 19.4. The van der Waals surface area contributed by atoms with E-state index in [0.717, 1.165) is 12.1 Å². The maximum Gasteiger partial charge on any atom is 0.416 e. The van der Waals surface area contributed by atoms with Crippen LogP contribution in [0.1, 0.15) is 5.56 Å². The van der Waals surface area contributed by atoms with Crippen molar-refractivity contribution in [3.8, 4) is 0 Å². The van der Waals surface area contributed by atoms with Gasteiger partial charge in [0, 0.05) is 5.69 Å². The highest BCUT2D eigenvalue weighted by molar-refractivity contribution is 6.27. The topological polar surface area (TPSA) is 113 Å². The first-order chi connectivity index (χ1) is 8.18. The molecule has 18 heavy (non-hydrogen) atoms. The first kappa shape index (κ1) is 15.7. The second-order valence-electron chi connectivity index (χ2n) is 2.83. The minimum atomic E-state index is -4.28. The maximum absolute atomic E-state index is 12.0. The Kier molecular flexibility index (Phi) is 5.63. The van der Waals surface area contributed by atoms with E-state index >= 15 is 0 Å². The summed E-state index contributed by atoms with van der Waals surface area (Å²) in [6.45, 7) is 0. The number of benzene rings is 1. The molecule has 100 valence electrons. The van der Waals surface area contributed by atoms with Crippen LogP contribution in [-0.4, -0.2) is 22.2 Å². The zero-order valence-corrected chi connectivity index (χ0v) is 8.73. The maximum atomic E-state index is 12.0. The number of hydrogen-bond donors (Lipinski definition) is 4. The summed E-state index contributed by atoms with van der Waals surface area (Å²) in [5.41, 5.74) is 2.01. The summed E-state index contributed by atoms with van der Waals surface area (Å²) in [6, 6.07) is 4.47. The average Bonchev–Trinajstić information content (AvgIpc) is 2.28. The van der Waals surface area contributed by atoms with Crippen molar-refractivity contribution in [3.63, 3.8) is 0 Å². The number of hydrazine groups is 1. The molecule has 0 aromatic heterocycles. The summed E-state index contributed by atoms with van der Waals surface area (Å²) < 4.78 is 35.9. The Bertz CT molecular complexity index is 405. The number of anilines is 1. The number of halogens is 3. The van der Waals surface area contributed by atoms with Crippen molar-refractivity contribution in [2.24, 2.45) is 5.84 Å². The van der Waals surface area contributed by atoms with Crippen LogP contribution >= 0.6 is 0 Å². The fourth-order valence-corrected chi connectivity index (χ4v) is 0.755. The summed E-state index contributed by atoms with van der Waals surface area (Å²) in [6.07, 6.45) is -4.28. The number of carbonyl (C=O) groups is 2. The standard InChI is InChI=1S/C7H7F3N2.C2H2O4/c8-7(9,10)5-1-3-6(12-11)4-2-5;3-1(4)2(5)6/h1-4,12H,11H2;(H,3,4)(H,5,6). The SMILES string of the molecule is NNc1ccc(C(F)(F)F)cc1.O=C(O)C(=O)O. The highest BCUT2D eigenvalue weighted by Gasteiger charge is 2.29. The Hall–Kier alpha value is -2.29. The molecule has 0 aliphatic heterocycles. The number of hydrogen-bond acceptors (Lipinski definition) is 4. The van der Waals surface area contributed by atoms with Gasteiger partial charge in [-0.2, -0.15) is 13.2 Å². The lowest BCUT2D eigenvalue weighted by Gasteiger charge is -2.06. The second-order valence-corrected chi connectivity index (χ2v) is 2.83. The Balaban J connectivity index is 0.000000411. The molecule has 0 saturated carbocycles. The third-order valence-corrected chi connectivity index (χ3v) is 1.56. The van der Waals surface area contributed by atoms with Gasteiger partial charge in [0.25, 0.3) is 0 Å². The van der Waals surface area contributed by atoms with E-state index in [4.69, 9.17) is 25.6 Å². The van der Waals surface area contributed by atoms with Crippen LogP contribution in [0, 0.1) is 0 Å². The molecule has 0 amide bonds. The van der Waals surface area contributed by atoms with E-state index in [1.807, 2.05) is 0 Å². The Labute approximate surface area is 98.8 Å². The van der Waals surface area contributed by atoms with Gasteiger partial charge in [0.15, 0.2) is 0 Å². The number of aliphatic carboxylic acids is 2. The lowest BCUT2D eigenvalue weighted by atomic mass is 10.2. The molecule has 0 spiro atoms. The van der Waals surface area contributed by atoms with E-state index < -0.39 is 23.7 Å². The number of nitrogens with two attached hydrogens (primary N) is 1. The smallest absolute Gasteiger partial charge is 0.416 e. The van der Waals surface area contributed by atoms with Gasteiger partial charge in [0.2, 0.25) is 0 Å². The molecule has 5 N–H and O–H groups in total. The van der Waals surface area contributed by atoms with Crippen molar-refractivity contribution in [1.82, 2.24) is 0 Å². The molecule has 0 saturated heterocycles.